The highest BCUT2D eigenvalue weighted by molar-refractivity contribution is 6.08. The maximum Gasteiger partial charge on any atom is 0.259 e. The topological polar surface area (TPSA) is 87.5 Å². The number of ether oxygens (including phenoxy) is 3. The van der Waals surface area contributed by atoms with Crippen molar-refractivity contribution in [1.82, 2.24) is 14.8 Å². The van der Waals surface area contributed by atoms with Gasteiger partial charge in [-0.3, -0.25) is 9.48 Å². The number of methoxy groups -OCH3 is 1. The van der Waals surface area contributed by atoms with Crippen LogP contribution in [0.15, 0.2) is 36.7 Å². The van der Waals surface area contributed by atoms with Crippen LogP contribution < -0.4 is 14.8 Å². The zero-order valence-corrected chi connectivity index (χ0v) is 17.4. The van der Waals surface area contributed by atoms with Gasteiger partial charge in [-0.1, -0.05) is 0 Å². The largest absolute Gasteiger partial charge is 0.490 e. The Balaban J connectivity index is 1.69. The van der Waals surface area contributed by atoms with Crippen molar-refractivity contribution < 1.29 is 19.0 Å². The quantitative estimate of drug-likeness (QED) is 0.665. The van der Waals surface area contributed by atoms with Crippen LogP contribution in [0.1, 0.15) is 43.1 Å². The summed E-state index contributed by atoms with van der Waals surface area (Å²) in [5.41, 5.74) is 1.74. The number of carbonyl (C=O) groups excluding carboxylic acids is 1. The van der Waals surface area contributed by atoms with Crippen LogP contribution in [0.3, 0.4) is 0 Å². The predicted molar refractivity (Wildman–Crippen MR) is 113 cm³/mol. The summed E-state index contributed by atoms with van der Waals surface area (Å²) >= 11 is 0. The van der Waals surface area contributed by atoms with E-state index in [4.69, 9.17) is 19.3 Å². The van der Waals surface area contributed by atoms with Gasteiger partial charge in [0, 0.05) is 37.1 Å². The molecule has 30 heavy (non-hydrogen) atoms. The van der Waals surface area contributed by atoms with Crippen LogP contribution in [0.5, 0.6) is 11.6 Å². The monoisotopic (exact) mass is 410 g/mol. The molecule has 0 aliphatic carbocycles. The van der Waals surface area contributed by atoms with Gasteiger partial charge in [0.15, 0.2) is 0 Å². The molecule has 1 fully saturated rings. The van der Waals surface area contributed by atoms with Crippen LogP contribution in [-0.2, 0) is 4.74 Å². The number of nitrogens with one attached hydrogen (secondary N) is 1. The fourth-order valence-corrected chi connectivity index (χ4v) is 3.58. The molecule has 4 rings (SSSR count). The van der Waals surface area contributed by atoms with Crippen LogP contribution in [-0.4, -0.2) is 47.1 Å². The number of hydrogen-bond donors (Lipinski definition) is 1. The molecule has 8 nitrogen and oxygen atoms in total. The van der Waals surface area contributed by atoms with E-state index in [1.807, 2.05) is 36.9 Å². The first-order chi connectivity index (χ1) is 14.5. The Morgan fingerprint density at radius 3 is 2.83 bits per heavy atom. The fourth-order valence-electron chi connectivity index (χ4n) is 3.58. The van der Waals surface area contributed by atoms with Gasteiger partial charge in [0.1, 0.15) is 11.4 Å². The smallest absolute Gasteiger partial charge is 0.259 e. The summed E-state index contributed by atoms with van der Waals surface area (Å²) in [4.78, 5) is 17.2. The van der Waals surface area contributed by atoms with Gasteiger partial charge >= 0.3 is 0 Å². The molecule has 1 N–H and O–H groups in total. The average molecular weight is 410 g/mol. The molecule has 8 heteroatoms. The van der Waals surface area contributed by atoms with Gasteiger partial charge in [0.25, 0.3) is 5.91 Å². The number of fused-ring (bicyclic) bond motifs is 1. The zero-order valence-electron chi connectivity index (χ0n) is 17.4. The molecule has 1 amide bonds. The summed E-state index contributed by atoms with van der Waals surface area (Å²) in [6.07, 6.45) is 5.37. The van der Waals surface area contributed by atoms with Gasteiger partial charge in [0.2, 0.25) is 5.88 Å². The number of amides is 1. The molecule has 0 saturated carbocycles. The SMILES string of the molecule is COc1ncccc1NC(=O)c1cc2cn(C3CCOCC3)nc2cc1OC(C)C. The number of anilines is 1. The third-order valence-corrected chi connectivity index (χ3v) is 5.01. The van der Waals surface area contributed by atoms with E-state index in [9.17, 15) is 4.79 Å². The Morgan fingerprint density at radius 2 is 2.10 bits per heavy atom. The molecule has 0 radical (unpaired) electrons. The van der Waals surface area contributed by atoms with Crippen molar-refractivity contribution >= 4 is 22.5 Å². The number of benzene rings is 1. The number of pyridine rings is 1. The Labute approximate surface area is 175 Å². The second-order valence-corrected chi connectivity index (χ2v) is 7.54. The Bertz CT molecular complexity index is 1040. The van der Waals surface area contributed by atoms with E-state index < -0.39 is 0 Å². The molecule has 3 heterocycles. The lowest BCUT2D eigenvalue weighted by molar-refractivity contribution is 0.0664. The van der Waals surface area contributed by atoms with E-state index >= 15 is 0 Å². The highest BCUT2D eigenvalue weighted by Gasteiger charge is 2.21. The minimum Gasteiger partial charge on any atom is -0.490 e. The van der Waals surface area contributed by atoms with Crippen molar-refractivity contribution in [3.63, 3.8) is 0 Å². The molecule has 0 spiro atoms. The molecule has 1 aliphatic heterocycles. The average Bonchev–Trinajstić information content (AvgIpc) is 3.17. The fraction of sp³-hybridized carbons (Fsp3) is 0.409. The lowest BCUT2D eigenvalue weighted by Gasteiger charge is -2.22. The summed E-state index contributed by atoms with van der Waals surface area (Å²) < 4.78 is 18.6. The normalized spacial score (nSPS) is 14.8. The van der Waals surface area contributed by atoms with E-state index in [0.29, 0.717) is 28.9 Å². The van der Waals surface area contributed by atoms with Gasteiger partial charge < -0.3 is 19.5 Å². The summed E-state index contributed by atoms with van der Waals surface area (Å²) in [6, 6.07) is 7.45. The standard InChI is InChI=1S/C22H26N4O4/c1-14(2)30-20-12-19-15(13-26(25-19)16-6-9-29-10-7-16)11-17(20)21(27)24-18-5-4-8-23-22(18)28-3/h4-5,8,11-14,16H,6-7,9-10H2,1-3H3,(H,24,27). The summed E-state index contributed by atoms with van der Waals surface area (Å²) in [6.45, 7) is 5.33. The molecule has 158 valence electrons. The Hall–Kier alpha value is -3.13. The molecule has 1 aliphatic rings. The van der Waals surface area contributed by atoms with E-state index in [-0.39, 0.29) is 12.0 Å². The molecule has 1 aromatic carbocycles. The van der Waals surface area contributed by atoms with Crippen molar-refractivity contribution in [3.05, 3.63) is 42.2 Å². The zero-order chi connectivity index (χ0) is 21.1. The van der Waals surface area contributed by atoms with E-state index in [1.54, 1.807) is 18.3 Å². The second kappa shape index (κ2) is 8.71. The minimum atomic E-state index is -0.294. The van der Waals surface area contributed by atoms with Crippen molar-refractivity contribution in [3.8, 4) is 11.6 Å². The van der Waals surface area contributed by atoms with Crippen LogP contribution in [0.4, 0.5) is 5.69 Å². The van der Waals surface area contributed by atoms with Gasteiger partial charge in [-0.2, -0.15) is 5.10 Å². The molecule has 2 aromatic heterocycles. The summed E-state index contributed by atoms with van der Waals surface area (Å²) in [7, 11) is 1.52. The number of hydrogen-bond acceptors (Lipinski definition) is 6. The number of aromatic nitrogens is 3. The van der Waals surface area contributed by atoms with Crippen molar-refractivity contribution in [2.45, 2.75) is 38.8 Å². The number of carbonyl (C=O) groups is 1. The van der Waals surface area contributed by atoms with E-state index in [0.717, 1.165) is 37.0 Å². The predicted octanol–water partition coefficient (Wildman–Crippen LogP) is 3.83. The van der Waals surface area contributed by atoms with E-state index in [1.165, 1.54) is 7.11 Å². The maximum absolute atomic E-state index is 13.1. The van der Waals surface area contributed by atoms with Crippen molar-refractivity contribution in [2.75, 3.05) is 25.6 Å². The first-order valence-electron chi connectivity index (χ1n) is 10.1. The maximum atomic E-state index is 13.1. The highest BCUT2D eigenvalue weighted by Crippen LogP contribution is 2.30. The lowest BCUT2D eigenvalue weighted by Crippen LogP contribution is -2.19. The van der Waals surface area contributed by atoms with E-state index in [2.05, 4.69) is 10.3 Å². The number of nitrogens with zero attached hydrogens (tertiary/aromatic N) is 3. The van der Waals surface area contributed by atoms with Crippen molar-refractivity contribution in [1.29, 1.82) is 0 Å². The van der Waals surface area contributed by atoms with Crippen LogP contribution in [0, 0.1) is 0 Å². The first-order valence-corrected chi connectivity index (χ1v) is 10.1. The molecule has 0 atom stereocenters. The van der Waals surface area contributed by atoms with Crippen LogP contribution in [0.2, 0.25) is 0 Å². The lowest BCUT2D eigenvalue weighted by atomic mass is 10.1. The Kier molecular flexibility index (Phi) is 5.85. The van der Waals surface area contributed by atoms with Crippen LogP contribution >= 0.6 is 0 Å². The van der Waals surface area contributed by atoms with Crippen molar-refractivity contribution in [2.24, 2.45) is 0 Å². The Morgan fingerprint density at radius 1 is 1.30 bits per heavy atom. The minimum absolute atomic E-state index is 0.0838. The van der Waals surface area contributed by atoms with Crippen LogP contribution in [0.25, 0.3) is 10.9 Å². The summed E-state index contributed by atoms with van der Waals surface area (Å²) in [5, 5.41) is 8.50. The molecular formula is C22H26N4O4. The first kappa shape index (κ1) is 20.2. The third kappa shape index (κ3) is 4.23. The second-order valence-electron chi connectivity index (χ2n) is 7.54. The van der Waals surface area contributed by atoms with Gasteiger partial charge in [-0.05, 0) is 44.9 Å². The molecule has 0 unspecified atom stereocenters. The molecule has 3 aromatic rings. The van der Waals surface area contributed by atoms with Gasteiger partial charge in [-0.15, -0.1) is 0 Å². The molecule has 0 bridgehead atoms. The molecule has 1 saturated heterocycles. The number of rotatable bonds is 6. The highest BCUT2D eigenvalue weighted by atomic mass is 16.5. The molecular weight excluding hydrogens is 384 g/mol. The summed E-state index contributed by atoms with van der Waals surface area (Å²) in [5.74, 6) is 0.554. The van der Waals surface area contributed by atoms with Gasteiger partial charge in [-0.25, -0.2) is 4.98 Å². The third-order valence-electron chi connectivity index (χ3n) is 5.01. The van der Waals surface area contributed by atoms with Gasteiger partial charge in [0.05, 0.1) is 30.3 Å².